The highest BCUT2D eigenvalue weighted by molar-refractivity contribution is 8.26. The molecule has 1 saturated heterocycles. The number of aromatic hydroxyl groups is 1. The molecule has 0 spiro atoms. The van der Waals surface area contributed by atoms with Crippen LogP contribution in [0.4, 0.5) is 0 Å². The second-order valence-corrected chi connectivity index (χ2v) is 7.73. The van der Waals surface area contributed by atoms with Crippen LogP contribution in [0.3, 0.4) is 0 Å². The van der Waals surface area contributed by atoms with E-state index in [-0.39, 0.29) is 27.1 Å². The maximum Gasteiger partial charge on any atom is 0.266 e. The summed E-state index contributed by atoms with van der Waals surface area (Å²) in [5, 5.41) is 21.6. The van der Waals surface area contributed by atoms with E-state index in [0.717, 1.165) is 16.7 Å². The topological polar surface area (TPSA) is 89.9 Å². The molecule has 2 rings (SSSR count). The van der Waals surface area contributed by atoms with Crippen molar-refractivity contribution in [2.24, 2.45) is 0 Å². The summed E-state index contributed by atoms with van der Waals surface area (Å²) in [4.78, 5) is 25.4. The van der Waals surface area contributed by atoms with E-state index in [4.69, 9.17) is 17.0 Å². The monoisotopic (exact) mass is 398 g/mol. The fourth-order valence-electron chi connectivity index (χ4n) is 2.29. The standard InChI is InChI=1S/C16H17NO5S3/c1-22-11-5-3-4-9(13(11)18)8-12-14(19)17(16(23)25-12)10(15(20)21)6-7-24-2/h3-5,8,10,18H,6-7H2,1-2H3,(H,20,21)/p-1/b12-8+/t10-/m1/s1. The molecule has 1 aromatic carbocycles. The Bertz CT molecular complexity index is 734. The van der Waals surface area contributed by atoms with Crippen molar-refractivity contribution in [1.29, 1.82) is 0 Å². The summed E-state index contributed by atoms with van der Waals surface area (Å²) in [6.45, 7) is 0. The van der Waals surface area contributed by atoms with Gasteiger partial charge in [-0.1, -0.05) is 36.1 Å². The average Bonchev–Trinajstić information content (AvgIpc) is 2.84. The van der Waals surface area contributed by atoms with Gasteiger partial charge in [0, 0.05) is 5.56 Å². The van der Waals surface area contributed by atoms with E-state index in [0.29, 0.717) is 11.3 Å². The van der Waals surface area contributed by atoms with Crippen molar-refractivity contribution < 1.29 is 24.5 Å². The number of thioether (sulfide) groups is 2. The molecule has 9 heteroatoms. The number of aliphatic carboxylic acids is 1. The molecule has 1 aliphatic heterocycles. The van der Waals surface area contributed by atoms with E-state index in [1.54, 1.807) is 18.2 Å². The van der Waals surface area contributed by atoms with Crippen LogP contribution in [0.5, 0.6) is 11.5 Å². The third-order valence-corrected chi connectivity index (χ3v) is 5.51. The predicted octanol–water partition coefficient (Wildman–Crippen LogP) is 1.47. The highest BCUT2D eigenvalue weighted by atomic mass is 32.2. The summed E-state index contributed by atoms with van der Waals surface area (Å²) in [6, 6.07) is 3.78. The number of ether oxygens (including phenoxy) is 1. The molecule has 0 aromatic heterocycles. The highest BCUT2D eigenvalue weighted by Gasteiger charge is 2.37. The molecule has 134 valence electrons. The van der Waals surface area contributed by atoms with Crippen molar-refractivity contribution in [2.45, 2.75) is 12.5 Å². The number of para-hydroxylation sites is 1. The number of amides is 1. The van der Waals surface area contributed by atoms with Gasteiger partial charge in [-0.05, 0) is 30.6 Å². The Hall–Kier alpha value is -1.71. The molecule has 25 heavy (non-hydrogen) atoms. The summed E-state index contributed by atoms with van der Waals surface area (Å²) >= 11 is 7.65. The molecular weight excluding hydrogens is 382 g/mol. The van der Waals surface area contributed by atoms with Gasteiger partial charge in [0.2, 0.25) is 0 Å². The van der Waals surface area contributed by atoms with Crippen LogP contribution in [0, 0.1) is 0 Å². The number of phenolic OH excluding ortho intramolecular Hbond substituents is 1. The smallest absolute Gasteiger partial charge is 0.266 e. The highest BCUT2D eigenvalue weighted by Crippen LogP contribution is 2.37. The van der Waals surface area contributed by atoms with Crippen LogP contribution >= 0.6 is 35.7 Å². The lowest BCUT2D eigenvalue weighted by Crippen LogP contribution is -2.50. The molecule has 1 aliphatic rings. The molecule has 1 amide bonds. The van der Waals surface area contributed by atoms with Crippen molar-refractivity contribution >= 4 is 58.0 Å². The largest absolute Gasteiger partial charge is 0.548 e. The fraction of sp³-hybridized carbons (Fsp3) is 0.312. The molecule has 1 aromatic rings. The van der Waals surface area contributed by atoms with Crippen LogP contribution < -0.4 is 9.84 Å². The van der Waals surface area contributed by atoms with Crippen molar-refractivity contribution in [3.05, 3.63) is 28.7 Å². The quantitative estimate of drug-likeness (QED) is 0.546. The van der Waals surface area contributed by atoms with Crippen LogP contribution in [-0.4, -0.2) is 51.4 Å². The molecule has 0 bridgehead atoms. The van der Waals surface area contributed by atoms with Crippen LogP contribution in [0.1, 0.15) is 12.0 Å². The second-order valence-electron chi connectivity index (χ2n) is 5.07. The molecule has 0 unspecified atom stereocenters. The number of phenols is 1. The first-order valence-corrected chi connectivity index (χ1v) is 9.85. The van der Waals surface area contributed by atoms with Crippen LogP contribution in [0.15, 0.2) is 23.1 Å². The van der Waals surface area contributed by atoms with Crippen molar-refractivity contribution in [1.82, 2.24) is 4.90 Å². The maximum atomic E-state index is 12.6. The zero-order chi connectivity index (χ0) is 18.6. The number of nitrogens with zero attached hydrogens (tertiary/aromatic N) is 1. The van der Waals surface area contributed by atoms with Crippen LogP contribution in [0.2, 0.25) is 0 Å². The number of methoxy groups -OCH3 is 1. The predicted molar refractivity (Wildman–Crippen MR) is 101 cm³/mol. The average molecular weight is 399 g/mol. The van der Waals surface area contributed by atoms with E-state index in [9.17, 15) is 19.8 Å². The summed E-state index contributed by atoms with van der Waals surface area (Å²) in [6.07, 6.45) is 3.56. The van der Waals surface area contributed by atoms with Gasteiger partial charge >= 0.3 is 0 Å². The van der Waals surface area contributed by atoms with Gasteiger partial charge in [-0.2, -0.15) is 11.8 Å². The number of rotatable bonds is 7. The number of carbonyl (C=O) groups is 2. The van der Waals surface area contributed by atoms with Crippen molar-refractivity contribution in [3.8, 4) is 11.5 Å². The van der Waals surface area contributed by atoms with Gasteiger partial charge < -0.3 is 19.7 Å². The number of carbonyl (C=O) groups excluding carboxylic acids is 2. The van der Waals surface area contributed by atoms with Crippen LogP contribution in [-0.2, 0) is 9.59 Å². The van der Waals surface area contributed by atoms with Gasteiger partial charge in [0.05, 0.1) is 24.0 Å². The minimum Gasteiger partial charge on any atom is -0.548 e. The van der Waals surface area contributed by atoms with E-state index in [1.807, 2.05) is 6.26 Å². The number of hydrogen-bond donors (Lipinski definition) is 1. The molecule has 1 heterocycles. The molecular formula is C16H16NO5S3-. The van der Waals surface area contributed by atoms with Gasteiger partial charge in [0.15, 0.2) is 11.5 Å². The number of thiocarbonyl (C=S) groups is 1. The van der Waals surface area contributed by atoms with E-state index in [1.165, 1.54) is 24.9 Å². The summed E-state index contributed by atoms with van der Waals surface area (Å²) in [7, 11) is 1.43. The first-order valence-electron chi connectivity index (χ1n) is 7.23. The zero-order valence-electron chi connectivity index (χ0n) is 13.6. The maximum absolute atomic E-state index is 12.6. The van der Waals surface area contributed by atoms with Gasteiger partial charge in [-0.15, -0.1) is 0 Å². The Morgan fingerprint density at radius 3 is 2.88 bits per heavy atom. The Morgan fingerprint density at radius 2 is 2.28 bits per heavy atom. The van der Waals surface area contributed by atoms with Gasteiger partial charge in [0.1, 0.15) is 4.32 Å². The zero-order valence-corrected chi connectivity index (χ0v) is 16.0. The minimum absolute atomic E-state index is 0.103. The summed E-state index contributed by atoms with van der Waals surface area (Å²) < 4.78 is 5.20. The van der Waals surface area contributed by atoms with Gasteiger partial charge in [-0.3, -0.25) is 9.69 Å². The first-order chi connectivity index (χ1) is 11.9. The Morgan fingerprint density at radius 1 is 1.56 bits per heavy atom. The number of carboxylic acid groups (broad SMARTS) is 1. The molecule has 1 atom stereocenters. The number of hydrogen-bond acceptors (Lipinski definition) is 8. The number of carboxylic acids is 1. The lowest BCUT2D eigenvalue weighted by Gasteiger charge is -2.27. The molecule has 1 N–H and O–H groups in total. The molecule has 0 aliphatic carbocycles. The lowest BCUT2D eigenvalue weighted by molar-refractivity contribution is -0.310. The third-order valence-electron chi connectivity index (χ3n) is 3.54. The number of benzene rings is 1. The van der Waals surface area contributed by atoms with E-state index >= 15 is 0 Å². The van der Waals surface area contributed by atoms with Gasteiger partial charge in [-0.25, -0.2) is 0 Å². The fourth-order valence-corrected chi connectivity index (χ4v) is 4.10. The van der Waals surface area contributed by atoms with Crippen molar-refractivity contribution in [2.75, 3.05) is 19.1 Å². The second kappa shape index (κ2) is 8.59. The lowest BCUT2D eigenvalue weighted by atomic mass is 10.1. The third kappa shape index (κ3) is 4.28. The summed E-state index contributed by atoms with van der Waals surface area (Å²) in [5.74, 6) is -1.11. The van der Waals surface area contributed by atoms with Crippen molar-refractivity contribution in [3.63, 3.8) is 0 Å². The SMILES string of the molecule is COc1cccc(/C=C2/SC(=S)N([C@H](CCSC)C(=O)[O-])C2=O)c1O. The normalized spacial score (nSPS) is 17.2. The molecule has 0 radical (unpaired) electrons. The van der Waals surface area contributed by atoms with E-state index < -0.39 is 17.9 Å². The molecule has 1 fully saturated rings. The first kappa shape index (κ1) is 19.6. The van der Waals surface area contributed by atoms with Gasteiger partial charge in [0.25, 0.3) is 5.91 Å². The molecule has 0 saturated carbocycles. The minimum atomic E-state index is -1.34. The Kier molecular flexibility index (Phi) is 6.74. The summed E-state index contributed by atoms with van der Waals surface area (Å²) in [5.41, 5.74) is 0.383. The van der Waals surface area contributed by atoms with E-state index in [2.05, 4.69) is 0 Å². The molecule has 6 nitrogen and oxygen atoms in total. The Labute approximate surface area is 159 Å². The van der Waals surface area contributed by atoms with Crippen LogP contribution in [0.25, 0.3) is 6.08 Å². The Balaban J connectivity index is 2.33.